The van der Waals surface area contributed by atoms with Crippen molar-refractivity contribution in [2.75, 3.05) is 6.54 Å². The van der Waals surface area contributed by atoms with E-state index in [1.807, 2.05) is 30.8 Å². The van der Waals surface area contributed by atoms with Crippen molar-refractivity contribution in [3.63, 3.8) is 0 Å². The van der Waals surface area contributed by atoms with Gasteiger partial charge in [0.1, 0.15) is 5.82 Å². The second kappa shape index (κ2) is 6.17. The van der Waals surface area contributed by atoms with Crippen LogP contribution in [0.15, 0.2) is 30.5 Å². The van der Waals surface area contributed by atoms with E-state index >= 15 is 0 Å². The Balaban J connectivity index is 1.89. The third kappa shape index (κ3) is 3.55. The second-order valence-corrected chi connectivity index (χ2v) is 4.95. The Labute approximate surface area is 117 Å². The summed E-state index contributed by atoms with van der Waals surface area (Å²) in [5.41, 5.74) is 2.06. The monoisotopic (exact) mass is 281 g/mol. The van der Waals surface area contributed by atoms with Crippen molar-refractivity contribution in [2.24, 2.45) is 7.05 Å². The minimum absolute atomic E-state index is 0.0833. The highest BCUT2D eigenvalue weighted by molar-refractivity contribution is 6.30. The number of aromatic nitrogens is 2. The maximum atomic E-state index is 13.4. The van der Waals surface area contributed by atoms with Gasteiger partial charge in [0.2, 0.25) is 0 Å². The Kier molecular flexibility index (Phi) is 4.56. The molecule has 5 heteroatoms. The molecule has 0 saturated heterocycles. The van der Waals surface area contributed by atoms with Crippen molar-refractivity contribution in [2.45, 2.75) is 19.4 Å². The van der Waals surface area contributed by atoms with Crippen molar-refractivity contribution < 1.29 is 4.39 Å². The molecule has 1 atom stereocenters. The zero-order valence-corrected chi connectivity index (χ0v) is 11.8. The predicted molar refractivity (Wildman–Crippen MR) is 74.7 cm³/mol. The van der Waals surface area contributed by atoms with Gasteiger partial charge in [-0.1, -0.05) is 17.7 Å². The third-order valence-electron chi connectivity index (χ3n) is 3.20. The maximum absolute atomic E-state index is 13.4. The Hall–Kier alpha value is -1.39. The predicted octanol–water partition coefficient (Wildman–Crippen LogP) is 3.11. The van der Waals surface area contributed by atoms with E-state index in [9.17, 15) is 4.39 Å². The van der Waals surface area contributed by atoms with E-state index in [0.717, 1.165) is 18.5 Å². The molecule has 1 aromatic heterocycles. The molecule has 0 bridgehead atoms. The molecule has 1 heterocycles. The fourth-order valence-electron chi connectivity index (χ4n) is 1.96. The van der Waals surface area contributed by atoms with Crippen LogP contribution in [0.5, 0.6) is 0 Å². The lowest BCUT2D eigenvalue weighted by Gasteiger charge is -2.14. The van der Waals surface area contributed by atoms with Crippen LogP contribution in [0.25, 0.3) is 0 Å². The highest BCUT2D eigenvalue weighted by atomic mass is 35.5. The minimum Gasteiger partial charge on any atom is -0.310 e. The molecule has 2 aromatic rings. The van der Waals surface area contributed by atoms with E-state index in [1.54, 1.807) is 12.3 Å². The van der Waals surface area contributed by atoms with Gasteiger partial charge in [0.25, 0.3) is 0 Å². The second-order valence-electron chi connectivity index (χ2n) is 4.55. The molecule has 0 aliphatic rings. The molecule has 2 rings (SSSR count). The summed E-state index contributed by atoms with van der Waals surface area (Å²) in [7, 11) is 1.92. The van der Waals surface area contributed by atoms with E-state index in [-0.39, 0.29) is 16.9 Å². The van der Waals surface area contributed by atoms with Gasteiger partial charge in [-0.25, -0.2) is 4.39 Å². The van der Waals surface area contributed by atoms with E-state index in [1.165, 1.54) is 11.8 Å². The number of nitrogens with zero attached hydrogens (tertiary/aromatic N) is 2. The van der Waals surface area contributed by atoms with Crippen LogP contribution in [0.4, 0.5) is 4.39 Å². The van der Waals surface area contributed by atoms with Crippen LogP contribution in [0.1, 0.15) is 24.2 Å². The highest BCUT2D eigenvalue weighted by Crippen LogP contribution is 2.19. The van der Waals surface area contributed by atoms with Gasteiger partial charge in [-0.3, -0.25) is 4.68 Å². The number of nitrogens with one attached hydrogen (secondary N) is 1. The fraction of sp³-hybridized carbons (Fsp3) is 0.357. The van der Waals surface area contributed by atoms with Crippen LogP contribution in [-0.2, 0) is 13.5 Å². The van der Waals surface area contributed by atoms with Crippen molar-refractivity contribution in [3.8, 4) is 0 Å². The molecule has 19 heavy (non-hydrogen) atoms. The van der Waals surface area contributed by atoms with Crippen LogP contribution in [-0.4, -0.2) is 16.3 Å². The molecule has 0 saturated carbocycles. The lowest BCUT2D eigenvalue weighted by molar-refractivity contribution is 0.557. The van der Waals surface area contributed by atoms with Crippen molar-refractivity contribution >= 4 is 11.6 Å². The molecule has 1 aromatic carbocycles. The first-order valence-electron chi connectivity index (χ1n) is 6.23. The summed E-state index contributed by atoms with van der Waals surface area (Å²) < 4.78 is 15.2. The number of aryl methyl sites for hydroxylation is 1. The number of benzene rings is 1. The van der Waals surface area contributed by atoms with E-state index in [2.05, 4.69) is 10.4 Å². The van der Waals surface area contributed by atoms with E-state index in [4.69, 9.17) is 11.6 Å². The first-order valence-corrected chi connectivity index (χ1v) is 6.61. The Morgan fingerprint density at radius 2 is 2.21 bits per heavy atom. The molecule has 0 radical (unpaired) electrons. The topological polar surface area (TPSA) is 29.9 Å². The van der Waals surface area contributed by atoms with Gasteiger partial charge in [-0.2, -0.15) is 5.10 Å². The van der Waals surface area contributed by atoms with E-state index in [0.29, 0.717) is 0 Å². The van der Waals surface area contributed by atoms with Crippen molar-refractivity contribution in [1.82, 2.24) is 15.1 Å². The van der Waals surface area contributed by atoms with Crippen LogP contribution in [0, 0.1) is 5.82 Å². The van der Waals surface area contributed by atoms with Gasteiger partial charge in [0, 0.05) is 37.9 Å². The van der Waals surface area contributed by atoms with Gasteiger partial charge < -0.3 is 5.32 Å². The summed E-state index contributed by atoms with van der Waals surface area (Å²) in [6, 6.07) is 6.98. The largest absolute Gasteiger partial charge is 0.310 e. The van der Waals surface area contributed by atoms with Gasteiger partial charge in [-0.05, 0) is 30.7 Å². The first-order chi connectivity index (χ1) is 9.08. The molecular weight excluding hydrogens is 265 g/mol. The molecule has 0 aliphatic carbocycles. The lowest BCUT2D eigenvalue weighted by atomic mass is 10.1. The van der Waals surface area contributed by atoms with Crippen LogP contribution >= 0.6 is 11.6 Å². The summed E-state index contributed by atoms with van der Waals surface area (Å²) in [5.74, 6) is -0.376. The Morgan fingerprint density at radius 1 is 1.42 bits per heavy atom. The molecular formula is C14H17ClFN3. The van der Waals surface area contributed by atoms with E-state index < -0.39 is 0 Å². The van der Waals surface area contributed by atoms with Gasteiger partial charge in [0.15, 0.2) is 0 Å². The quantitative estimate of drug-likeness (QED) is 0.913. The number of hydrogen-bond donors (Lipinski definition) is 1. The molecule has 0 spiro atoms. The summed E-state index contributed by atoms with van der Waals surface area (Å²) in [6.07, 6.45) is 2.67. The zero-order chi connectivity index (χ0) is 13.8. The Morgan fingerprint density at radius 3 is 2.84 bits per heavy atom. The molecule has 3 nitrogen and oxygen atoms in total. The molecule has 0 amide bonds. The normalized spacial score (nSPS) is 12.6. The fourth-order valence-corrected chi connectivity index (χ4v) is 2.08. The average Bonchev–Trinajstić information content (AvgIpc) is 2.78. The average molecular weight is 282 g/mol. The summed E-state index contributed by atoms with van der Waals surface area (Å²) in [4.78, 5) is 0. The maximum Gasteiger partial charge on any atom is 0.142 e. The summed E-state index contributed by atoms with van der Waals surface area (Å²) in [5, 5.41) is 7.64. The molecule has 1 N–H and O–H groups in total. The standard InChI is InChI=1S/C14H17ClFN3/c1-10(11-3-4-13(15)14(16)9-11)17-7-5-12-6-8-18-19(12)2/h3-4,6,8-10,17H,5,7H2,1-2H3. The van der Waals surface area contributed by atoms with Crippen LogP contribution in [0.2, 0.25) is 5.02 Å². The molecule has 1 unspecified atom stereocenters. The molecule has 0 fully saturated rings. The van der Waals surface area contributed by atoms with Crippen LogP contribution < -0.4 is 5.32 Å². The van der Waals surface area contributed by atoms with Gasteiger partial charge in [0.05, 0.1) is 5.02 Å². The third-order valence-corrected chi connectivity index (χ3v) is 3.50. The van der Waals surface area contributed by atoms with Gasteiger partial charge >= 0.3 is 0 Å². The SMILES string of the molecule is CC(NCCc1ccnn1C)c1ccc(Cl)c(F)c1. The highest BCUT2D eigenvalue weighted by Gasteiger charge is 2.08. The number of hydrogen-bond acceptors (Lipinski definition) is 2. The number of halogens is 2. The number of rotatable bonds is 5. The lowest BCUT2D eigenvalue weighted by Crippen LogP contribution is -2.22. The minimum atomic E-state index is -0.376. The summed E-state index contributed by atoms with van der Waals surface area (Å²) >= 11 is 5.67. The molecule has 0 aliphatic heterocycles. The summed E-state index contributed by atoms with van der Waals surface area (Å²) in [6.45, 7) is 2.82. The zero-order valence-electron chi connectivity index (χ0n) is 11.0. The van der Waals surface area contributed by atoms with Gasteiger partial charge in [-0.15, -0.1) is 0 Å². The van der Waals surface area contributed by atoms with Crippen molar-refractivity contribution in [3.05, 3.63) is 52.6 Å². The smallest absolute Gasteiger partial charge is 0.142 e. The Bertz CT molecular complexity index is 553. The first kappa shape index (κ1) is 14.0. The van der Waals surface area contributed by atoms with Crippen molar-refractivity contribution in [1.29, 1.82) is 0 Å². The van der Waals surface area contributed by atoms with Crippen LogP contribution in [0.3, 0.4) is 0 Å². The molecule has 102 valence electrons.